The molecule has 7 heteroatoms. The van der Waals surface area contributed by atoms with E-state index < -0.39 is 5.97 Å². The van der Waals surface area contributed by atoms with Gasteiger partial charge in [-0.05, 0) is 49.0 Å². The van der Waals surface area contributed by atoms with Gasteiger partial charge in [-0.2, -0.15) is 0 Å². The zero-order valence-corrected chi connectivity index (χ0v) is 16.0. The summed E-state index contributed by atoms with van der Waals surface area (Å²) in [7, 11) is 0. The number of aromatic nitrogens is 1. The third-order valence-electron chi connectivity index (χ3n) is 4.50. The van der Waals surface area contributed by atoms with Gasteiger partial charge in [0, 0.05) is 12.1 Å². The van der Waals surface area contributed by atoms with Crippen LogP contribution < -0.4 is 5.32 Å². The number of carbonyl (C=O) groups excluding carboxylic acids is 1. The second-order valence-corrected chi connectivity index (χ2v) is 8.27. The highest BCUT2D eigenvalue weighted by atomic mass is 32.2. The summed E-state index contributed by atoms with van der Waals surface area (Å²) in [6.07, 6.45) is 7.37. The average molecular weight is 378 g/mol. The molecule has 6 nitrogen and oxygen atoms in total. The van der Waals surface area contributed by atoms with Gasteiger partial charge in [-0.15, -0.1) is 11.8 Å². The summed E-state index contributed by atoms with van der Waals surface area (Å²) in [6.45, 7) is 4.01. The second kappa shape index (κ2) is 9.07. The van der Waals surface area contributed by atoms with Crippen molar-refractivity contribution in [1.82, 2.24) is 10.3 Å². The number of hydrogen-bond acceptors (Lipinski definition) is 5. The zero-order valence-electron chi connectivity index (χ0n) is 15.2. The number of nitrogens with zero attached hydrogens (tertiary/aromatic N) is 1. The number of aliphatic carboxylic acids is 1. The summed E-state index contributed by atoms with van der Waals surface area (Å²) in [4.78, 5) is 27.4. The van der Waals surface area contributed by atoms with E-state index in [2.05, 4.69) is 10.3 Å². The van der Waals surface area contributed by atoms with Crippen LogP contribution in [0.3, 0.4) is 0 Å². The van der Waals surface area contributed by atoms with Gasteiger partial charge in [0.2, 0.25) is 5.91 Å². The number of carbonyl (C=O) groups is 2. The fourth-order valence-corrected chi connectivity index (χ4v) is 3.55. The fourth-order valence-electron chi connectivity index (χ4n) is 2.66. The molecule has 1 aliphatic rings. The summed E-state index contributed by atoms with van der Waals surface area (Å²) < 4.78 is 0. The molecule has 0 radical (unpaired) electrons. The van der Waals surface area contributed by atoms with Crippen molar-refractivity contribution >= 4 is 23.6 Å². The van der Waals surface area contributed by atoms with Crippen LogP contribution in [0.5, 0.6) is 5.75 Å². The molecule has 0 aromatic carbocycles. The molecule has 1 aliphatic carbocycles. The number of rotatable bonds is 10. The van der Waals surface area contributed by atoms with Crippen LogP contribution in [0.25, 0.3) is 0 Å². The van der Waals surface area contributed by atoms with Gasteiger partial charge in [0.1, 0.15) is 16.5 Å². The maximum Gasteiger partial charge on any atom is 0.352 e. The van der Waals surface area contributed by atoms with E-state index in [1.807, 2.05) is 13.8 Å². The average Bonchev–Trinajstić information content (AvgIpc) is 3.22. The molecule has 1 fully saturated rings. The normalized spacial score (nSPS) is 18.4. The highest BCUT2D eigenvalue weighted by molar-refractivity contribution is 7.99. The Morgan fingerprint density at radius 3 is 2.73 bits per heavy atom. The molecule has 1 aromatic rings. The Balaban J connectivity index is 1.66. The van der Waals surface area contributed by atoms with Gasteiger partial charge >= 0.3 is 5.97 Å². The lowest BCUT2D eigenvalue weighted by atomic mass is 10.1. The molecule has 142 valence electrons. The van der Waals surface area contributed by atoms with Crippen molar-refractivity contribution in [3.05, 3.63) is 30.1 Å². The lowest BCUT2D eigenvalue weighted by Gasteiger charge is -2.07. The first-order chi connectivity index (χ1) is 12.3. The number of nitrogens with one attached hydrogen (secondary N) is 1. The van der Waals surface area contributed by atoms with Crippen LogP contribution in [0.2, 0.25) is 0 Å². The van der Waals surface area contributed by atoms with Crippen LogP contribution in [0.4, 0.5) is 0 Å². The third-order valence-corrected chi connectivity index (χ3v) is 5.59. The smallest absolute Gasteiger partial charge is 0.352 e. The standard InChI is InChI=1S/C19H26N2O4S/c1-19(2)12-13(19)16(23)21-14(18(24)25)8-5-3-4-6-11-26-17-15(22)9-7-10-20-17/h7-10,13,22H,3-6,11-12H2,1-2H3,(H,21,23)(H,24,25)/b14-8-. The van der Waals surface area contributed by atoms with Gasteiger partial charge in [0.25, 0.3) is 0 Å². The summed E-state index contributed by atoms with van der Waals surface area (Å²) in [5.41, 5.74) is -0.0431. The Morgan fingerprint density at radius 1 is 1.38 bits per heavy atom. The van der Waals surface area contributed by atoms with E-state index in [0.29, 0.717) is 11.4 Å². The molecule has 0 aliphatic heterocycles. The number of allylic oxidation sites excluding steroid dienone is 1. The van der Waals surface area contributed by atoms with Crippen molar-refractivity contribution in [3.8, 4) is 5.75 Å². The Bertz CT molecular complexity index is 688. The van der Waals surface area contributed by atoms with E-state index in [4.69, 9.17) is 0 Å². The molecule has 0 saturated heterocycles. The minimum Gasteiger partial charge on any atom is -0.505 e. The largest absolute Gasteiger partial charge is 0.505 e. The molecule has 26 heavy (non-hydrogen) atoms. The third kappa shape index (κ3) is 6.05. The van der Waals surface area contributed by atoms with Gasteiger partial charge in [0.15, 0.2) is 0 Å². The monoisotopic (exact) mass is 378 g/mol. The van der Waals surface area contributed by atoms with Crippen LogP contribution >= 0.6 is 11.8 Å². The van der Waals surface area contributed by atoms with Crippen molar-refractivity contribution < 1.29 is 19.8 Å². The minimum absolute atomic E-state index is 0.0204. The summed E-state index contributed by atoms with van der Waals surface area (Å²) >= 11 is 1.51. The van der Waals surface area contributed by atoms with Gasteiger partial charge in [0.05, 0.1) is 0 Å². The molecule has 0 bridgehead atoms. The topological polar surface area (TPSA) is 99.5 Å². The van der Waals surface area contributed by atoms with Crippen molar-refractivity contribution in [2.45, 2.75) is 51.0 Å². The maximum atomic E-state index is 12.0. The van der Waals surface area contributed by atoms with Crippen molar-refractivity contribution in [3.63, 3.8) is 0 Å². The minimum atomic E-state index is -1.10. The van der Waals surface area contributed by atoms with E-state index in [0.717, 1.165) is 31.4 Å². The lowest BCUT2D eigenvalue weighted by Crippen LogP contribution is -2.29. The van der Waals surface area contributed by atoms with Crippen LogP contribution in [0.1, 0.15) is 46.0 Å². The first-order valence-corrected chi connectivity index (χ1v) is 9.81. The summed E-state index contributed by atoms with van der Waals surface area (Å²) in [5.74, 6) is -0.354. The summed E-state index contributed by atoms with van der Waals surface area (Å²) in [6, 6.07) is 3.30. The first kappa shape index (κ1) is 20.3. The molecular formula is C19H26N2O4S. The number of carboxylic acid groups (broad SMARTS) is 1. The zero-order chi connectivity index (χ0) is 19.2. The molecule has 2 rings (SSSR count). The second-order valence-electron chi connectivity index (χ2n) is 7.18. The number of unbranched alkanes of at least 4 members (excludes halogenated alkanes) is 3. The number of aromatic hydroxyl groups is 1. The Labute approximate surface area is 158 Å². The number of amides is 1. The number of hydrogen-bond donors (Lipinski definition) is 3. The molecule has 1 saturated carbocycles. The molecule has 1 amide bonds. The van der Waals surface area contributed by atoms with Crippen LogP contribution in [-0.4, -0.2) is 32.8 Å². The number of carboxylic acids is 1. The predicted octanol–water partition coefficient (Wildman–Crippen LogP) is 3.57. The van der Waals surface area contributed by atoms with Gasteiger partial charge < -0.3 is 15.5 Å². The quantitative estimate of drug-likeness (QED) is 0.327. The molecular weight excluding hydrogens is 352 g/mol. The number of pyridine rings is 1. The molecule has 1 aromatic heterocycles. The Morgan fingerprint density at radius 2 is 2.12 bits per heavy atom. The predicted molar refractivity (Wildman–Crippen MR) is 101 cm³/mol. The van der Waals surface area contributed by atoms with Gasteiger partial charge in [-0.1, -0.05) is 26.3 Å². The fraction of sp³-hybridized carbons (Fsp3) is 0.526. The highest BCUT2D eigenvalue weighted by Gasteiger charge is 2.50. The number of thioether (sulfide) groups is 1. The molecule has 1 atom stereocenters. The van der Waals surface area contributed by atoms with Crippen LogP contribution in [-0.2, 0) is 9.59 Å². The van der Waals surface area contributed by atoms with E-state index >= 15 is 0 Å². The molecule has 0 spiro atoms. The molecule has 3 N–H and O–H groups in total. The van der Waals surface area contributed by atoms with Crippen molar-refractivity contribution in [2.24, 2.45) is 11.3 Å². The van der Waals surface area contributed by atoms with Crippen molar-refractivity contribution in [1.29, 1.82) is 0 Å². The first-order valence-electron chi connectivity index (χ1n) is 8.82. The Hall–Kier alpha value is -2.02. The van der Waals surface area contributed by atoms with Crippen molar-refractivity contribution in [2.75, 3.05) is 5.75 Å². The maximum absolute atomic E-state index is 12.0. The molecule has 1 unspecified atom stereocenters. The van der Waals surface area contributed by atoms with Crippen LogP contribution in [0, 0.1) is 11.3 Å². The van der Waals surface area contributed by atoms with E-state index in [9.17, 15) is 19.8 Å². The van der Waals surface area contributed by atoms with E-state index in [-0.39, 0.29) is 28.7 Å². The lowest BCUT2D eigenvalue weighted by molar-refractivity contribution is -0.135. The summed E-state index contributed by atoms with van der Waals surface area (Å²) in [5, 5.41) is 22.0. The van der Waals surface area contributed by atoms with Gasteiger partial charge in [-0.25, -0.2) is 9.78 Å². The van der Waals surface area contributed by atoms with E-state index in [1.165, 1.54) is 11.8 Å². The van der Waals surface area contributed by atoms with Crippen LogP contribution in [0.15, 0.2) is 35.1 Å². The molecule has 1 heterocycles. The SMILES string of the molecule is CC1(C)CC1C(=O)N/C(=C\CCCCCSc1ncccc1O)C(=O)O. The highest BCUT2D eigenvalue weighted by Crippen LogP contribution is 2.51. The van der Waals surface area contributed by atoms with Gasteiger partial charge in [-0.3, -0.25) is 4.79 Å². The Kier molecular flexibility index (Phi) is 7.08. The van der Waals surface area contributed by atoms with E-state index in [1.54, 1.807) is 24.4 Å².